The van der Waals surface area contributed by atoms with Gasteiger partial charge in [0.05, 0.1) is 0 Å². The molecule has 1 aromatic carbocycles. The van der Waals surface area contributed by atoms with Gasteiger partial charge in [-0.2, -0.15) is 0 Å². The molecule has 1 fully saturated rings. The van der Waals surface area contributed by atoms with Crippen molar-refractivity contribution in [2.24, 2.45) is 11.7 Å². The quantitative estimate of drug-likeness (QED) is 0.907. The standard InChI is InChI=1S/C19H30N2O2/c1-13(2)17-8-7-14(3)10-18(17)23-12-19(22)21-9-5-6-16(11-21)15(4)20/h7-8,10,13,15-16H,5-6,9,11-12,20H2,1-4H3/t15-,16+/m0/s1. The van der Waals surface area contributed by atoms with Gasteiger partial charge in [0.1, 0.15) is 5.75 Å². The van der Waals surface area contributed by atoms with E-state index in [-0.39, 0.29) is 18.6 Å². The molecular weight excluding hydrogens is 288 g/mol. The van der Waals surface area contributed by atoms with Gasteiger partial charge in [0.2, 0.25) is 0 Å². The molecule has 0 unspecified atom stereocenters. The highest BCUT2D eigenvalue weighted by Crippen LogP contribution is 2.27. The Morgan fingerprint density at radius 3 is 2.78 bits per heavy atom. The minimum absolute atomic E-state index is 0.0616. The van der Waals surface area contributed by atoms with Gasteiger partial charge in [-0.15, -0.1) is 0 Å². The summed E-state index contributed by atoms with van der Waals surface area (Å²) in [4.78, 5) is 14.4. The lowest BCUT2D eigenvalue weighted by Crippen LogP contribution is -2.46. The molecular formula is C19H30N2O2. The van der Waals surface area contributed by atoms with Crippen LogP contribution in [0.3, 0.4) is 0 Å². The Bertz CT molecular complexity index is 540. The first-order valence-electron chi connectivity index (χ1n) is 8.65. The molecule has 1 amide bonds. The molecule has 0 saturated carbocycles. The van der Waals surface area contributed by atoms with Crippen LogP contribution in [-0.2, 0) is 4.79 Å². The van der Waals surface area contributed by atoms with Crippen molar-refractivity contribution in [2.45, 2.75) is 52.5 Å². The van der Waals surface area contributed by atoms with Gasteiger partial charge in [-0.25, -0.2) is 0 Å². The van der Waals surface area contributed by atoms with Crippen LogP contribution in [0.25, 0.3) is 0 Å². The van der Waals surface area contributed by atoms with Gasteiger partial charge in [-0.05, 0) is 55.7 Å². The molecule has 2 N–H and O–H groups in total. The predicted octanol–water partition coefficient (Wildman–Crippen LogP) is 3.08. The van der Waals surface area contributed by atoms with Crippen molar-refractivity contribution in [2.75, 3.05) is 19.7 Å². The summed E-state index contributed by atoms with van der Waals surface area (Å²) in [6, 6.07) is 6.33. The zero-order valence-corrected chi connectivity index (χ0v) is 14.8. The van der Waals surface area contributed by atoms with E-state index >= 15 is 0 Å². The van der Waals surface area contributed by atoms with Crippen LogP contribution in [0.2, 0.25) is 0 Å². The van der Waals surface area contributed by atoms with Crippen LogP contribution < -0.4 is 10.5 Å². The summed E-state index contributed by atoms with van der Waals surface area (Å²) in [5.74, 6) is 1.66. The van der Waals surface area contributed by atoms with Crippen LogP contribution in [-0.4, -0.2) is 36.5 Å². The molecule has 1 aromatic rings. The molecule has 1 saturated heterocycles. The smallest absolute Gasteiger partial charge is 0.260 e. The Balaban J connectivity index is 1.98. The molecule has 1 aliphatic rings. The van der Waals surface area contributed by atoms with Gasteiger partial charge < -0.3 is 15.4 Å². The number of carbonyl (C=O) groups excluding carboxylic acids is 1. The van der Waals surface area contributed by atoms with Crippen LogP contribution in [0.15, 0.2) is 18.2 Å². The number of likely N-dealkylation sites (tertiary alicyclic amines) is 1. The number of carbonyl (C=O) groups is 1. The largest absolute Gasteiger partial charge is 0.483 e. The fraction of sp³-hybridized carbons (Fsp3) is 0.632. The zero-order valence-electron chi connectivity index (χ0n) is 14.8. The maximum atomic E-state index is 12.5. The van der Waals surface area contributed by atoms with Gasteiger partial charge in [-0.3, -0.25) is 4.79 Å². The van der Waals surface area contributed by atoms with Gasteiger partial charge in [0, 0.05) is 19.1 Å². The maximum absolute atomic E-state index is 12.5. The number of hydrogen-bond donors (Lipinski definition) is 1. The molecule has 0 spiro atoms. The third-order valence-electron chi connectivity index (χ3n) is 4.70. The number of nitrogens with two attached hydrogens (primary N) is 1. The van der Waals surface area contributed by atoms with Crippen molar-refractivity contribution in [3.63, 3.8) is 0 Å². The highest BCUT2D eigenvalue weighted by atomic mass is 16.5. The van der Waals surface area contributed by atoms with Crippen molar-refractivity contribution in [3.05, 3.63) is 29.3 Å². The summed E-state index contributed by atoms with van der Waals surface area (Å²) in [6.45, 7) is 10.0. The van der Waals surface area contributed by atoms with E-state index in [1.54, 1.807) is 0 Å². The van der Waals surface area contributed by atoms with Gasteiger partial charge >= 0.3 is 0 Å². The minimum Gasteiger partial charge on any atom is -0.483 e. The first kappa shape index (κ1) is 17.8. The maximum Gasteiger partial charge on any atom is 0.260 e. The lowest BCUT2D eigenvalue weighted by atomic mass is 9.92. The Labute approximate surface area is 140 Å². The minimum atomic E-state index is 0.0616. The lowest BCUT2D eigenvalue weighted by Gasteiger charge is -2.34. The fourth-order valence-electron chi connectivity index (χ4n) is 3.14. The molecule has 0 aromatic heterocycles. The molecule has 2 atom stereocenters. The Morgan fingerprint density at radius 2 is 2.13 bits per heavy atom. The third-order valence-corrected chi connectivity index (χ3v) is 4.70. The molecule has 128 valence electrons. The summed E-state index contributed by atoms with van der Waals surface area (Å²) in [6.07, 6.45) is 2.14. The SMILES string of the molecule is Cc1ccc(C(C)C)c(OCC(=O)N2CCC[C@@H]([C@H](C)N)C2)c1. The number of hydrogen-bond acceptors (Lipinski definition) is 3. The monoisotopic (exact) mass is 318 g/mol. The number of benzene rings is 1. The number of aryl methyl sites for hydroxylation is 1. The van der Waals surface area contributed by atoms with E-state index < -0.39 is 0 Å². The van der Waals surface area contributed by atoms with Crippen molar-refractivity contribution >= 4 is 5.91 Å². The summed E-state index contributed by atoms with van der Waals surface area (Å²) < 4.78 is 5.87. The average Bonchev–Trinajstić information content (AvgIpc) is 2.52. The summed E-state index contributed by atoms with van der Waals surface area (Å²) >= 11 is 0. The van der Waals surface area contributed by atoms with Crippen molar-refractivity contribution < 1.29 is 9.53 Å². The van der Waals surface area contributed by atoms with Crippen molar-refractivity contribution in [1.82, 2.24) is 4.90 Å². The van der Waals surface area contributed by atoms with Gasteiger partial charge in [0.15, 0.2) is 6.61 Å². The van der Waals surface area contributed by atoms with E-state index in [9.17, 15) is 4.79 Å². The summed E-state index contributed by atoms with van der Waals surface area (Å²) in [5.41, 5.74) is 8.29. The number of amides is 1. The van der Waals surface area contributed by atoms with Crippen LogP contribution >= 0.6 is 0 Å². The molecule has 4 nitrogen and oxygen atoms in total. The van der Waals surface area contributed by atoms with E-state index in [0.717, 1.165) is 42.8 Å². The van der Waals surface area contributed by atoms with Crippen LogP contribution in [0.1, 0.15) is 50.7 Å². The van der Waals surface area contributed by atoms with Crippen LogP contribution in [0, 0.1) is 12.8 Å². The normalized spacial score (nSPS) is 19.7. The predicted molar refractivity (Wildman–Crippen MR) is 93.7 cm³/mol. The average molecular weight is 318 g/mol. The molecule has 4 heteroatoms. The molecule has 1 aliphatic heterocycles. The number of rotatable bonds is 5. The van der Waals surface area contributed by atoms with Crippen LogP contribution in [0.5, 0.6) is 5.75 Å². The van der Waals surface area contributed by atoms with Crippen molar-refractivity contribution in [3.8, 4) is 5.75 Å². The second-order valence-corrected chi connectivity index (χ2v) is 7.09. The second-order valence-electron chi connectivity index (χ2n) is 7.09. The third kappa shape index (κ3) is 4.71. The van der Waals surface area contributed by atoms with E-state index in [2.05, 4.69) is 26.0 Å². The first-order chi connectivity index (χ1) is 10.9. The van der Waals surface area contributed by atoms with E-state index in [1.807, 2.05) is 24.8 Å². The number of ether oxygens (including phenoxy) is 1. The summed E-state index contributed by atoms with van der Waals surface area (Å²) in [5, 5.41) is 0. The van der Waals surface area contributed by atoms with Gasteiger partial charge in [-0.1, -0.05) is 26.0 Å². The van der Waals surface area contributed by atoms with E-state index in [4.69, 9.17) is 10.5 Å². The van der Waals surface area contributed by atoms with Gasteiger partial charge in [0.25, 0.3) is 5.91 Å². The molecule has 0 bridgehead atoms. The zero-order chi connectivity index (χ0) is 17.0. The topological polar surface area (TPSA) is 55.6 Å². The highest BCUT2D eigenvalue weighted by Gasteiger charge is 2.26. The molecule has 1 heterocycles. The first-order valence-corrected chi connectivity index (χ1v) is 8.65. The Hall–Kier alpha value is -1.55. The second kappa shape index (κ2) is 7.82. The highest BCUT2D eigenvalue weighted by molar-refractivity contribution is 5.78. The van der Waals surface area contributed by atoms with Crippen molar-refractivity contribution in [1.29, 1.82) is 0 Å². The van der Waals surface area contributed by atoms with E-state index in [1.165, 1.54) is 0 Å². The number of piperidine rings is 1. The Kier molecular flexibility index (Phi) is 6.05. The lowest BCUT2D eigenvalue weighted by molar-refractivity contribution is -0.135. The van der Waals surface area contributed by atoms with E-state index in [0.29, 0.717) is 11.8 Å². The molecule has 0 aliphatic carbocycles. The van der Waals surface area contributed by atoms with Crippen LogP contribution in [0.4, 0.5) is 0 Å². The fourth-order valence-corrected chi connectivity index (χ4v) is 3.14. The number of nitrogens with zero attached hydrogens (tertiary/aromatic N) is 1. The molecule has 23 heavy (non-hydrogen) atoms. The molecule has 0 radical (unpaired) electrons. The molecule has 2 rings (SSSR count). The Morgan fingerprint density at radius 1 is 1.39 bits per heavy atom. The summed E-state index contributed by atoms with van der Waals surface area (Å²) in [7, 11) is 0.